The van der Waals surface area contributed by atoms with Gasteiger partial charge in [0.05, 0.1) is 13.7 Å². The average molecular weight is 408 g/mol. The maximum Gasteiger partial charge on any atom is 0.181 e. The lowest BCUT2D eigenvalue weighted by Gasteiger charge is -2.11. The molecule has 1 aliphatic rings. The van der Waals surface area contributed by atoms with Gasteiger partial charge < -0.3 is 14.2 Å². The zero-order valence-electron chi connectivity index (χ0n) is 15.3. The molecular weight excluding hydrogens is 389 g/mol. The van der Waals surface area contributed by atoms with Crippen LogP contribution in [0.5, 0.6) is 17.2 Å². The second kappa shape index (κ2) is 9.01. The highest BCUT2D eigenvalue weighted by molar-refractivity contribution is 6.31. The predicted molar refractivity (Wildman–Crippen MR) is 101 cm³/mol. The maximum absolute atomic E-state index is 12.5. The van der Waals surface area contributed by atoms with Crippen molar-refractivity contribution in [2.75, 3.05) is 27.0 Å². The Kier molecular flexibility index (Phi) is 6.46. The molecule has 2 aromatic rings. The summed E-state index contributed by atoms with van der Waals surface area (Å²) in [6, 6.07) is 6.29. The van der Waals surface area contributed by atoms with E-state index in [1.807, 2.05) is 0 Å². The van der Waals surface area contributed by atoms with Crippen molar-refractivity contribution < 1.29 is 28.2 Å². The number of methoxy groups -OCH3 is 1. The second-order valence-electron chi connectivity index (χ2n) is 6.13. The molecule has 0 radical (unpaired) electrons. The molecule has 3 rings (SSSR count). The maximum atomic E-state index is 12.5. The van der Waals surface area contributed by atoms with Gasteiger partial charge in [0, 0.05) is 30.4 Å². The molecule has 28 heavy (non-hydrogen) atoms. The van der Waals surface area contributed by atoms with Gasteiger partial charge in [-0.15, -0.1) is 0 Å². The van der Waals surface area contributed by atoms with Crippen LogP contribution in [-0.2, 0) is 6.42 Å². The number of ether oxygens (including phenoxy) is 3. The Labute approximate surface area is 166 Å². The van der Waals surface area contributed by atoms with Crippen LogP contribution in [-0.4, -0.2) is 43.5 Å². The van der Waals surface area contributed by atoms with Crippen LogP contribution in [0.2, 0.25) is 5.15 Å². The summed E-state index contributed by atoms with van der Waals surface area (Å²) >= 11 is 6.06. The minimum atomic E-state index is -0.626. The summed E-state index contributed by atoms with van der Waals surface area (Å²) in [7, 11) is 1.43. The van der Waals surface area contributed by atoms with Crippen LogP contribution >= 0.6 is 11.6 Å². The third-order valence-electron chi connectivity index (χ3n) is 4.31. The first kappa shape index (κ1) is 20.1. The molecule has 2 heterocycles. The summed E-state index contributed by atoms with van der Waals surface area (Å²) in [5, 5.41) is 0.165. The van der Waals surface area contributed by atoms with Crippen molar-refractivity contribution in [2.45, 2.75) is 19.3 Å². The monoisotopic (exact) mass is 407 g/mol. The van der Waals surface area contributed by atoms with Gasteiger partial charge in [-0.1, -0.05) is 11.6 Å². The van der Waals surface area contributed by atoms with E-state index in [1.54, 1.807) is 18.2 Å². The van der Waals surface area contributed by atoms with Gasteiger partial charge in [-0.25, -0.2) is 9.37 Å². The number of hydrogen-bond donors (Lipinski definition) is 0. The van der Waals surface area contributed by atoms with Gasteiger partial charge in [0.15, 0.2) is 34.0 Å². The van der Waals surface area contributed by atoms with Crippen LogP contribution in [0.4, 0.5) is 4.39 Å². The molecule has 0 aliphatic carbocycles. The molecule has 0 unspecified atom stereocenters. The second-order valence-corrected chi connectivity index (χ2v) is 6.49. The Morgan fingerprint density at radius 3 is 2.75 bits per heavy atom. The lowest BCUT2D eigenvalue weighted by molar-refractivity contribution is 0.0914. The number of alkyl halides is 1. The molecule has 0 N–H and O–H groups in total. The van der Waals surface area contributed by atoms with Crippen molar-refractivity contribution in [1.82, 2.24) is 4.98 Å². The van der Waals surface area contributed by atoms with Crippen LogP contribution in [0.1, 0.15) is 39.3 Å². The number of carbonyl (C=O) groups is 2. The summed E-state index contributed by atoms with van der Waals surface area (Å²) in [6.07, 6.45) is 0.692. The van der Waals surface area contributed by atoms with Crippen LogP contribution in [0.25, 0.3) is 0 Å². The van der Waals surface area contributed by atoms with Crippen LogP contribution in [0.15, 0.2) is 24.3 Å². The first-order valence-electron chi connectivity index (χ1n) is 8.79. The van der Waals surface area contributed by atoms with E-state index in [2.05, 4.69) is 4.98 Å². The van der Waals surface area contributed by atoms with Gasteiger partial charge in [0.2, 0.25) is 0 Å². The minimum absolute atomic E-state index is 0.00419. The third-order valence-corrected chi connectivity index (χ3v) is 4.57. The molecule has 0 saturated heterocycles. The smallest absolute Gasteiger partial charge is 0.181 e. The van der Waals surface area contributed by atoms with E-state index in [4.69, 9.17) is 25.8 Å². The van der Waals surface area contributed by atoms with E-state index in [0.29, 0.717) is 35.8 Å². The number of Topliss-reactive ketones (excluding diaryl/α,β-unsaturated/α-hetero) is 2. The van der Waals surface area contributed by atoms with Gasteiger partial charge in [0.25, 0.3) is 0 Å². The standard InChI is InChI=1S/C20H19ClFNO5/c1-26-18-11-12(2-5-17(18)27-9-7-22)15(24)3-4-16(25)14-10-13-6-8-28-19(13)20(21)23-14/h2,5,10-11H,3-4,6-9H2,1H3. The molecule has 0 saturated carbocycles. The number of fused-ring (bicyclic) bond motifs is 1. The van der Waals surface area contributed by atoms with Crippen molar-refractivity contribution in [3.05, 3.63) is 46.2 Å². The number of carbonyl (C=O) groups excluding carboxylic acids is 2. The first-order valence-corrected chi connectivity index (χ1v) is 9.16. The summed E-state index contributed by atoms with van der Waals surface area (Å²) in [6.45, 7) is -0.210. The number of ketones is 2. The molecule has 0 amide bonds. The Hall–Kier alpha value is -2.67. The molecular formula is C20H19ClFNO5. The number of halogens is 2. The number of benzene rings is 1. The van der Waals surface area contributed by atoms with E-state index in [9.17, 15) is 14.0 Å². The number of rotatable bonds is 9. The van der Waals surface area contributed by atoms with Gasteiger partial charge >= 0.3 is 0 Å². The highest BCUT2D eigenvalue weighted by Gasteiger charge is 2.21. The van der Waals surface area contributed by atoms with Gasteiger partial charge in [-0.2, -0.15) is 0 Å². The molecule has 1 aromatic carbocycles. The molecule has 0 spiro atoms. The topological polar surface area (TPSA) is 74.7 Å². The van der Waals surface area contributed by atoms with Gasteiger partial charge in [-0.05, 0) is 24.3 Å². The predicted octanol–water partition coefficient (Wildman–Crippen LogP) is 3.87. The van der Waals surface area contributed by atoms with Crippen LogP contribution in [0, 0.1) is 0 Å². The van der Waals surface area contributed by atoms with Crippen LogP contribution in [0.3, 0.4) is 0 Å². The van der Waals surface area contributed by atoms with Gasteiger partial charge in [0.1, 0.15) is 19.0 Å². The highest BCUT2D eigenvalue weighted by atomic mass is 35.5. The molecule has 0 fully saturated rings. The minimum Gasteiger partial charge on any atom is -0.493 e. The van der Waals surface area contributed by atoms with Crippen molar-refractivity contribution in [3.8, 4) is 17.2 Å². The molecule has 0 atom stereocenters. The fraction of sp³-hybridized carbons (Fsp3) is 0.350. The Morgan fingerprint density at radius 2 is 2.00 bits per heavy atom. The van der Waals surface area contributed by atoms with Crippen molar-refractivity contribution in [1.29, 1.82) is 0 Å². The number of pyridine rings is 1. The van der Waals surface area contributed by atoms with E-state index in [0.717, 1.165) is 5.56 Å². The average Bonchev–Trinajstić information content (AvgIpc) is 3.19. The Morgan fingerprint density at radius 1 is 1.21 bits per heavy atom. The molecule has 1 aliphatic heterocycles. The molecule has 8 heteroatoms. The lowest BCUT2D eigenvalue weighted by Crippen LogP contribution is -2.08. The Balaban J connectivity index is 1.65. The first-order chi connectivity index (χ1) is 13.5. The largest absolute Gasteiger partial charge is 0.493 e. The summed E-state index contributed by atoms with van der Waals surface area (Å²) in [5.74, 6) is 0.722. The molecule has 6 nitrogen and oxygen atoms in total. The SMILES string of the molecule is COc1cc(C(=O)CCC(=O)c2cc3c(c(Cl)n2)OCC3)ccc1OCCF. The van der Waals surface area contributed by atoms with E-state index in [-0.39, 0.29) is 41.9 Å². The molecule has 0 bridgehead atoms. The van der Waals surface area contributed by atoms with E-state index in [1.165, 1.54) is 13.2 Å². The molecule has 1 aromatic heterocycles. The van der Waals surface area contributed by atoms with Gasteiger partial charge in [-0.3, -0.25) is 9.59 Å². The fourth-order valence-electron chi connectivity index (χ4n) is 2.90. The highest BCUT2D eigenvalue weighted by Crippen LogP contribution is 2.33. The van der Waals surface area contributed by atoms with Crippen molar-refractivity contribution in [3.63, 3.8) is 0 Å². The van der Waals surface area contributed by atoms with Crippen LogP contribution < -0.4 is 14.2 Å². The molecule has 148 valence electrons. The van der Waals surface area contributed by atoms with Crippen molar-refractivity contribution in [2.24, 2.45) is 0 Å². The zero-order valence-corrected chi connectivity index (χ0v) is 16.1. The quantitative estimate of drug-likeness (QED) is 0.464. The summed E-state index contributed by atoms with van der Waals surface area (Å²) < 4.78 is 28.0. The Bertz CT molecular complexity index is 902. The number of aromatic nitrogens is 1. The van der Waals surface area contributed by atoms with E-state index >= 15 is 0 Å². The van der Waals surface area contributed by atoms with Crippen molar-refractivity contribution >= 4 is 23.2 Å². The fourth-order valence-corrected chi connectivity index (χ4v) is 3.17. The normalized spacial score (nSPS) is 12.2. The lowest BCUT2D eigenvalue weighted by atomic mass is 10.0. The zero-order chi connectivity index (χ0) is 20.1. The number of hydrogen-bond acceptors (Lipinski definition) is 6. The summed E-state index contributed by atoms with van der Waals surface area (Å²) in [5.41, 5.74) is 1.46. The number of nitrogens with zero attached hydrogens (tertiary/aromatic N) is 1. The van der Waals surface area contributed by atoms with E-state index < -0.39 is 6.67 Å². The third kappa shape index (κ3) is 4.42. The summed E-state index contributed by atoms with van der Waals surface area (Å²) in [4.78, 5) is 29.0.